The summed E-state index contributed by atoms with van der Waals surface area (Å²) in [6, 6.07) is 6.39. The summed E-state index contributed by atoms with van der Waals surface area (Å²) in [4.78, 5) is 4.74. The van der Waals surface area contributed by atoms with E-state index in [1.807, 2.05) is 36.7 Å². The van der Waals surface area contributed by atoms with E-state index >= 15 is 0 Å². The van der Waals surface area contributed by atoms with Crippen LogP contribution in [0.1, 0.15) is 37.1 Å². The number of hydrogen-bond acceptors (Lipinski definition) is 6. The number of aryl methyl sites for hydroxylation is 2. The van der Waals surface area contributed by atoms with Gasteiger partial charge in [0.1, 0.15) is 0 Å². The van der Waals surface area contributed by atoms with Crippen molar-refractivity contribution in [3.8, 4) is 5.82 Å². The van der Waals surface area contributed by atoms with E-state index < -0.39 is 0 Å². The van der Waals surface area contributed by atoms with Gasteiger partial charge in [0.15, 0.2) is 11.6 Å². The molecule has 2 unspecified atom stereocenters. The van der Waals surface area contributed by atoms with Gasteiger partial charge < -0.3 is 10.0 Å². The minimum atomic E-state index is -0.157. The molecule has 1 aliphatic heterocycles. The fraction of sp³-hybridized carbons (Fsp3) is 0.632. The molecule has 140 valence electrons. The second-order valence-electron chi connectivity index (χ2n) is 7.53. The number of nitrogens with zero attached hydrogens (tertiary/aromatic N) is 6. The zero-order chi connectivity index (χ0) is 18.1. The lowest BCUT2D eigenvalue weighted by Crippen LogP contribution is -2.54. The SMILES string of the molecule is Cc1cc(C)n(-c2ccc(N3CCN(C4CCCCC4O)CC3)nn2)n1. The molecule has 2 aromatic rings. The summed E-state index contributed by atoms with van der Waals surface area (Å²) in [7, 11) is 0. The monoisotopic (exact) mass is 356 g/mol. The summed E-state index contributed by atoms with van der Waals surface area (Å²) in [5.41, 5.74) is 2.04. The quantitative estimate of drug-likeness (QED) is 0.903. The van der Waals surface area contributed by atoms with Crippen molar-refractivity contribution in [1.29, 1.82) is 0 Å². The molecule has 2 fully saturated rings. The molecule has 3 heterocycles. The van der Waals surface area contributed by atoms with Crippen LogP contribution < -0.4 is 4.90 Å². The molecule has 0 aromatic carbocycles. The first-order valence-corrected chi connectivity index (χ1v) is 9.66. The third-order valence-corrected chi connectivity index (χ3v) is 5.66. The maximum atomic E-state index is 10.3. The summed E-state index contributed by atoms with van der Waals surface area (Å²) in [5.74, 6) is 1.67. The van der Waals surface area contributed by atoms with Crippen molar-refractivity contribution in [1.82, 2.24) is 24.9 Å². The van der Waals surface area contributed by atoms with E-state index in [1.54, 1.807) is 0 Å². The highest BCUT2D eigenvalue weighted by atomic mass is 16.3. The topological polar surface area (TPSA) is 70.3 Å². The van der Waals surface area contributed by atoms with Gasteiger partial charge in [-0.15, -0.1) is 10.2 Å². The third kappa shape index (κ3) is 3.46. The van der Waals surface area contributed by atoms with E-state index in [4.69, 9.17) is 0 Å². The van der Waals surface area contributed by atoms with Crippen molar-refractivity contribution in [3.63, 3.8) is 0 Å². The first kappa shape index (κ1) is 17.4. The van der Waals surface area contributed by atoms with Gasteiger partial charge in [-0.1, -0.05) is 12.8 Å². The lowest BCUT2D eigenvalue weighted by molar-refractivity contribution is 0.0172. The van der Waals surface area contributed by atoms with Gasteiger partial charge >= 0.3 is 0 Å². The van der Waals surface area contributed by atoms with Crippen LogP contribution in [0.4, 0.5) is 5.82 Å². The Hall–Kier alpha value is -1.99. The fourth-order valence-electron chi connectivity index (χ4n) is 4.26. The van der Waals surface area contributed by atoms with Gasteiger partial charge in [0, 0.05) is 37.9 Å². The summed E-state index contributed by atoms with van der Waals surface area (Å²) in [5, 5.41) is 23.5. The molecule has 7 nitrogen and oxygen atoms in total. The van der Waals surface area contributed by atoms with Crippen LogP contribution in [0.5, 0.6) is 0 Å². The number of aliphatic hydroxyl groups excluding tert-OH is 1. The molecule has 26 heavy (non-hydrogen) atoms. The van der Waals surface area contributed by atoms with Crippen LogP contribution >= 0.6 is 0 Å². The Labute approximate surface area is 154 Å². The molecule has 2 aromatic heterocycles. The Balaban J connectivity index is 1.39. The molecule has 1 saturated carbocycles. The molecule has 7 heteroatoms. The fourth-order valence-corrected chi connectivity index (χ4v) is 4.26. The first-order chi connectivity index (χ1) is 12.6. The Morgan fingerprint density at radius 1 is 0.962 bits per heavy atom. The molecule has 0 spiro atoms. The van der Waals surface area contributed by atoms with Gasteiger partial charge in [0.05, 0.1) is 11.8 Å². The maximum Gasteiger partial charge on any atom is 0.176 e. The van der Waals surface area contributed by atoms with Gasteiger partial charge in [-0.3, -0.25) is 4.90 Å². The summed E-state index contributed by atoms with van der Waals surface area (Å²) >= 11 is 0. The molecule has 0 amide bonds. The molecule has 0 bridgehead atoms. The third-order valence-electron chi connectivity index (χ3n) is 5.66. The maximum absolute atomic E-state index is 10.3. The number of anilines is 1. The van der Waals surface area contributed by atoms with Gasteiger partial charge in [-0.25, -0.2) is 4.68 Å². The largest absolute Gasteiger partial charge is 0.391 e. The average Bonchev–Trinajstić information content (AvgIpc) is 3.01. The van der Waals surface area contributed by atoms with Crippen molar-refractivity contribution in [2.75, 3.05) is 31.1 Å². The van der Waals surface area contributed by atoms with Crippen LogP contribution in [0.2, 0.25) is 0 Å². The highest BCUT2D eigenvalue weighted by molar-refractivity contribution is 5.40. The van der Waals surface area contributed by atoms with Crippen molar-refractivity contribution in [2.45, 2.75) is 51.7 Å². The normalized spacial score (nSPS) is 24.8. The predicted octanol–water partition coefficient (Wildman–Crippen LogP) is 1.70. The molecule has 2 atom stereocenters. The minimum absolute atomic E-state index is 0.157. The number of piperazine rings is 1. The average molecular weight is 356 g/mol. The van der Waals surface area contributed by atoms with Crippen LogP contribution in [0.25, 0.3) is 5.82 Å². The number of rotatable bonds is 3. The highest BCUT2D eigenvalue weighted by Gasteiger charge is 2.31. The van der Waals surface area contributed by atoms with E-state index in [0.29, 0.717) is 6.04 Å². The van der Waals surface area contributed by atoms with Crippen LogP contribution in [0.3, 0.4) is 0 Å². The standard InChI is InChI=1S/C19H28N6O/c1-14-13-15(2)25(22-14)19-8-7-18(20-21-19)24-11-9-23(10-12-24)16-5-3-4-6-17(16)26/h7-8,13,16-17,26H,3-6,9-12H2,1-2H3. The molecular formula is C19H28N6O. The van der Waals surface area contributed by atoms with Crippen molar-refractivity contribution in [2.24, 2.45) is 0 Å². The van der Waals surface area contributed by atoms with Gasteiger partial charge in [0.2, 0.25) is 0 Å². The molecule has 2 aliphatic rings. The predicted molar refractivity (Wildman–Crippen MR) is 101 cm³/mol. The van der Waals surface area contributed by atoms with E-state index in [1.165, 1.54) is 6.42 Å². The van der Waals surface area contributed by atoms with Crippen LogP contribution in [0.15, 0.2) is 18.2 Å². The van der Waals surface area contributed by atoms with E-state index in [-0.39, 0.29) is 6.10 Å². The summed E-state index contributed by atoms with van der Waals surface area (Å²) < 4.78 is 1.83. The zero-order valence-corrected chi connectivity index (χ0v) is 15.7. The Morgan fingerprint density at radius 2 is 1.65 bits per heavy atom. The van der Waals surface area contributed by atoms with Gasteiger partial charge in [0.25, 0.3) is 0 Å². The second kappa shape index (κ2) is 7.32. The number of aromatic nitrogens is 4. The number of aliphatic hydroxyl groups is 1. The molecule has 1 N–H and O–H groups in total. The van der Waals surface area contributed by atoms with Crippen LogP contribution in [0, 0.1) is 13.8 Å². The van der Waals surface area contributed by atoms with E-state index in [0.717, 1.165) is 68.5 Å². The van der Waals surface area contributed by atoms with E-state index in [2.05, 4.69) is 25.1 Å². The Bertz CT molecular complexity index is 735. The molecule has 1 saturated heterocycles. The lowest BCUT2D eigenvalue weighted by atomic mass is 9.91. The summed E-state index contributed by atoms with van der Waals surface area (Å²) in [6.07, 6.45) is 4.31. The highest BCUT2D eigenvalue weighted by Crippen LogP contribution is 2.25. The first-order valence-electron chi connectivity index (χ1n) is 9.66. The summed E-state index contributed by atoms with van der Waals surface area (Å²) in [6.45, 7) is 7.81. The number of hydrogen-bond donors (Lipinski definition) is 1. The Kier molecular flexibility index (Phi) is 4.91. The van der Waals surface area contributed by atoms with Gasteiger partial charge in [-0.2, -0.15) is 5.10 Å². The smallest absolute Gasteiger partial charge is 0.176 e. The lowest BCUT2D eigenvalue weighted by Gasteiger charge is -2.42. The zero-order valence-electron chi connectivity index (χ0n) is 15.7. The van der Waals surface area contributed by atoms with Crippen LogP contribution in [-0.4, -0.2) is 68.3 Å². The molecule has 1 aliphatic carbocycles. The molecule has 4 rings (SSSR count). The van der Waals surface area contributed by atoms with Crippen molar-refractivity contribution < 1.29 is 5.11 Å². The minimum Gasteiger partial charge on any atom is -0.391 e. The Morgan fingerprint density at radius 3 is 2.27 bits per heavy atom. The van der Waals surface area contributed by atoms with E-state index in [9.17, 15) is 5.11 Å². The van der Waals surface area contributed by atoms with Gasteiger partial charge in [-0.05, 0) is 44.9 Å². The van der Waals surface area contributed by atoms with Crippen molar-refractivity contribution in [3.05, 3.63) is 29.6 Å². The second-order valence-corrected chi connectivity index (χ2v) is 7.53. The van der Waals surface area contributed by atoms with Crippen LogP contribution in [-0.2, 0) is 0 Å². The molecular weight excluding hydrogens is 328 g/mol. The van der Waals surface area contributed by atoms with Crippen molar-refractivity contribution >= 4 is 5.82 Å². The molecule has 0 radical (unpaired) electrons.